The van der Waals surface area contributed by atoms with Crippen molar-refractivity contribution in [3.63, 3.8) is 0 Å². The van der Waals surface area contributed by atoms with E-state index < -0.39 is 7.37 Å². The van der Waals surface area contributed by atoms with Crippen molar-refractivity contribution < 1.29 is 9.09 Å². The number of rotatable bonds is 1. The lowest BCUT2D eigenvalue weighted by atomic mass is 10.4. The molecular weight excluding hydrogens is 171 g/mol. The number of benzene rings is 1. The summed E-state index contributed by atoms with van der Waals surface area (Å²) in [7, 11) is -2.42. The maximum absolute atomic E-state index is 12.0. The quantitative estimate of drug-likeness (QED) is 0.621. The van der Waals surface area contributed by atoms with Crippen molar-refractivity contribution in [2.75, 3.05) is 12.8 Å². The van der Waals surface area contributed by atoms with Crippen molar-refractivity contribution in [2.24, 2.45) is 0 Å². The summed E-state index contributed by atoms with van der Waals surface area (Å²) in [6, 6.07) is 9.48. The number of hydrogen-bond acceptors (Lipinski definition) is 2. The highest BCUT2D eigenvalue weighted by Gasteiger charge is 2.29. The summed E-state index contributed by atoms with van der Waals surface area (Å²) in [4.78, 5) is 0. The van der Waals surface area contributed by atoms with E-state index in [1.54, 1.807) is 0 Å². The zero-order chi connectivity index (χ0) is 8.44. The Morgan fingerprint density at radius 2 is 2.00 bits per heavy atom. The topological polar surface area (TPSA) is 26.3 Å². The molecule has 1 fully saturated rings. The van der Waals surface area contributed by atoms with Gasteiger partial charge in [0.15, 0.2) is 0 Å². The van der Waals surface area contributed by atoms with Gasteiger partial charge in [0.05, 0.1) is 6.61 Å². The Morgan fingerprint density at radius 1 is 1.25 bits per heavy atom. The molecule has 1 saturated heterocycles. The average Bonchev–Trinajstić information content (AvgIpc) is 2.55. The minimum Gasteiger partial charge on any atom is -0.325 e. The summed E-state index contributed by atoms with van der Waals surface area (Å²) in [5.74, 6) is 0. The minimum atomic E-state index is -2.42. The van der Waals surface area contributed by atoms with Crippen molar-refractivity contribution in [2.45, 2.75) is 6.42 Å². The lowest BCUT2D eigenvalue weighted by molar-refractivity contribution is 0.357. The van der Waals surface area contributed by atoms with Gasteiger partial charge in [-0.3, -0.25) is 4.57 Å². The Labute approximate surface area is 72.0 Å². The van der Waals surface area contributed by atoms with Gasteiger partial charge in [0.1, 0.15) is 0 Å². The SMILES string of the molecule is O=[P@@]1(c2ccccc2)CCCO1. The summed E-state index contributed by atoms with van der Waals surface area (Å²) < 4.78 is 17.3. The van der Waals surface area contributed by atoms with Crippen molar-refractivity contribution in [1.82, 2.24) is 0 Å². The molecule has 0 bridgehead atoms. The summed E-state index contributed by atoms with van der Waals surface area (Å²) in [5.41, 5.74) is 0. The van der Waals surface area contributed by atoms with E-state index in [9.17, 15) is 4.57 Å². The fraction of sp³-hybridized carbons (Fsp3) is 0.333. The lowest BCUT2D eigenvalue weighted by Crippen LogP contribution is -2.03. The largest absolute Gasteiger partial charge is 0.325 e. The molecule has 2 rings (SSSR count). The second-order valence-electron chi connectivity index (χ2n) is 2.92. The molecule has 1 aliphatic rings. The van der Waals surface area contributed by atoms with Gasteiger partial charge in [-0.05, 0) is 18.6 Å². The normalized spacial score (nSPS) is 29.0. The molecule has 3 heteroatoms. The smallest absolute Gasteiger partial charge is 0.232 e. The molecule has 0 aliphatic carbocycles. The molecule has 1 atom stereocenters. The first-order valence-corrected chi connectivity index (χ1v) is 5.91. The predicted octanol–water partition coefficient (Wildman–Crippen LogP) is 2.01. The van der Waals surface area contributed by atoms with Gasteiger partial charge in [-0.1, -0.05) is 18.2 Å². The molecule has 0 saturated carbocycles. The highest BCUT2D eigenvalue weighted by Crippen LogP contribution is 2.50. The first-order valence-electron chi connectivity index (χ1n) is 4.10. The summed E-state index contributed by atoms with van der Waals surface area (Å²) >= 11 is 0. The Bertz CT molecular complexity index is 298. The summed E-state index contributed by atoms with van der Waals surface area (Å²) in [6.07, 6.45) is 1.63. The lowest BCUT2D eigenvalue weighted by Gasteiger charge is -2.09. The van der Waals surface area contributed by atoms with E-state index in [1.165, 1.54) is 0 Å². The van der Waals surface area contributed by atoms with Gasteiger partial charge in [0.25, 0.3) is 0 Å². The standard InChI is InChI=1S/C9H11O2P/c10-12(8-4-7-11-12)9-5-2-1-3-6-9/h1-3,5-6H,4,7-8H2/t12-/m0/s1. The van der Waals surface area contributed by atoms with E-state index in [0.29, 0.717) is 12.8 Å². The van der Waals surface area contributed by atoms with Crippen molar-refractivity contribution in [1.29, 1.82) is 0 Å². The number of hydrogen-bond donors (Lipinski definition) is 0. The third-order valence-corrected chi connectivity index (χ3v) is 4.64. The van der Waals surface area contributed by atoms with Crippen LogP contribution in [0.3, 0.4) is 0 Å². The maximum atomic E-state index is 12.0. The Balaban J connectivity index is 2.36. The Kier molecular flexibility index (Phi) is 2.03. The summed E-state index contributed by atoms with van der Waals surface area (Å²) in [6.45, 7) is 0.645. The van der Waals surface area contributed by atoms with Crippen LogP contribution in [0.25, 0.3) is 0 Å². The van der Waals surface area contributed by atoms with Crippen molar-refractivity contribution in [3.8, 4) is 0 Å². The first kappa shape index (κ1) is 8.03. The first-order chi connectivity index (χ1) is 5.81. The fourth-order valence-corrected chi connectivity index (χ4v) is 3.54. The second kappa shape index (κ2) is 3.04. The molecule has 1 heterocycles. The van der Waals surface area contributed by atoms with E-state index in [2.05, 4.69) is 0 Å². The third kappa shape index (κ3) is 1.33. The van der Waals surface area contributed by atoms with E-state index in [4.69, 9.17) is 4.52 Å². The molecule has 0 N–H and O–H groups in total. The zero-order valence-electron chi connectivity index (χ0n) is 6.77. The van der Waals surface area contributed by atoms with Gasteiger partial charge in [-0.2, -0.15) is 0 Å². The van der Waals surface area contributed by atoms with Gasteiger partial charge in [0, 0.05) is 11.5 Å². The minimum absolute atomic E-state index is 0.645. The highest BCUT2D eigenvalue weighted by atomic mass is 31.2. The average molecular weight is 182 g/mol. The van der Waals surface area contributed by atoms with Crippen LogP contribution in [0.1, 0.15) is 6.42 Å². The monoisotopic (exact) mass is 182 g/mol. The van der Waals surface area contributed by atoms with E-state index in [1.807, 2.05) is 30.3 Å². The molecule has 64 valence electrons. The molecule has 0 aromatic heterocycles. The van der Waals surface area contributed by atoms with Crippen molar-refractivity contribution in [3.05, 3.63) is 30.3 Å². The van der Waals surface area contributed by atoms with Gasteiger partial charge in [-0.25, -0.2) is 0 Å². The molecule has 2 nitrogen and oxygen atoms in total. The van der Waals surface area contributed by atoms with Crippen LogP contribution in [0.15, 0.2) is 30.3 Å². The van der Waals surface area contributed by atoms with E-state index >= 15 is 0 Å². The van der Waals surface area contributed by atoms with Crippen LogP contribution in [0.2, 0.25) is 0 Å². The van der Waals surface area contributed by atoms with Gasteiger partial charge < -0.3 is 4.52 Å². The summed E-state index contributed by atoms with van der Waals surface area (Å²) in [5, 5.41) is 0.863. The van der Waals surface area contributed by atoms with Crippen LogP contribution < -0.4 is 5.30 Å². The van der Waals surface area contributed by atoms with E-state index in [-0.39, 0.29) is 0 Å². The van der Waals surface area contributed by atoms with Gasteiger partial charge in [-0.15, -0.1) is 0 Å². The molecular formula is C9H11O2P. The van der Waals surface area contributed by atoms with Crippen LogP contribution in [0.5, 0.6) is 0 Å². The molecule has 0 spiro atoms. The van der Waals surface area contributed by atoms with Crippen LogP contribution in [0.4, 0.5) is 0 Å². The second-order valence-corrected chi connectivity index (χ2v) is 5.49. The predicted molar refractivity (Wildman–Crippen MR) is 49.1 cm³/mol. The highest BCUT2D eigenvalue weighted by molar-refractivity contribution is 7.67. The van der Waals surface area contributed by atoms with Crippen LogP contribution in [-0.2, 0) is 9.09 Å². The molecule has 0 unspecified atom stereocenters. The fourth-order valence-electron chi connectivity index (χ4n) is 1.41. The molecule has 1 aromatic rings. The van der Waals surface area contributed by atoms with Crippen LogP contribution >= 0.6 is 7.37 Å². The Hall–Kier alpha value is -0.590. The molecule has 12 heavy (non-hydrogen) atoms. The third-order valence-electron chi connectivity index (χ3n) is 2.05. The van der Waals surface area contributed by atoms with Gasteiger partial charge in [0.2, 0.25) is 7.37 Å². The molecule has 1 aliphatic heterocycles. The molecule has 1 aromatic carbocycles. The zero-order valence-corrected chi connectivity index (χ0v) is 7.67. The van der Waals surface area contributed by atoms with Gasteiger partial charge >= 0.3 is 0 Å². The molecule has 0 radical (unpaired) electrons. The Morgan fingerprint density at radius 3 is 2.58 bits per heavy atom. The van der Waals surface area contributed by atoms with Crippen LogP contribution in [0, 0.1) is 0 Å². The van der Waals surface area contributed by atoms with Crippen molar-refractivity contribution >= 4 is 12.7 Å². The van der Waals surface area contributed by atoms with E-state index in [0.717, 1.165) is 11.7 Å². The van der Waals surface area contributed by atoms with Crippen LogP contribution in [-0.4, -0.2) is 12.8 Å². The molecule has 0 amide bonds. The maximum Gasteiger partial charge on any atom is 0.232 e.